The van der Waals surface area contributed by atoms with Crippen LogP contribution in [0.5, 0.6) is 0 Å². The summed E-state index contributed by atoms with van der Waals surface area (Å²) in [6.07, 6.45) is 4.64. The molecule has 0 radical (unpaired) electrons. The number of hydrogen-bond donors (Lipinski definition) is 2. The minimum atomic E-state index is -0.632. The Morgan fingerprint density at radius 3 is 2.76 bits per heavy atom. The lowest BCUT2D eigenvalue weighted by atomic mass is 9.79. The van der Waals surface area contributed by atoms with Gasteiger partial charge in [0, 0.05) is 17.5 Å². The van der Waals surface area contributed by atoms with Crippen LogP contribution in [0.15, 0.2) is 39.5 Å². The lowest BCUT2D eigenvalue weighted by Crippen LogP contribution is -2.39. The van der Waals surface area contributed by atoms with E-state index in [9.17, 15) is 9.90 Å². The van der Waals surface area contributed by atoms with Crippen LogP contribution >= 0.6 is 0 Å². The zero-order valence-electron chi connectivity index (χ0n) is 12.0. The number of aryl methyl sites for hydroxylation is 1. The maximum absolute atomic E-state index is 11.4. The predicted octanol–water partition coefficient (Wildman–Crippen LogP) is 2.36. The van der Waals surface area contributed by atoms with Gasteiger partial charge < -0.3 is 15.3 Å². The first-order chi connectivity index (χ1) is 10.1. The summed E-state index contributed by atoms with van der Waals surface area (Å²) in [5.74, 6) is 0. The van der Waals surface area contributed by atoms with Gasteiger partial charge in [-0.3, -0.25) is 0 Å². The maximum Gasteiger partial charge on any atom is 0.336 e. The van der Waals surface area contributed by atoms with E-state index in [-0.39, 0.29) is 11.7 Å². The highest BCUT2D eigenvalue weighted by atomic mass is 16.4. The fourth-order valence-electron chi connectivity index (χ4n) is 3.14. The van der Waals surface area contributed by atoms with Gasteiger partial charge in [0.25, 0.3) is 0 Å². The largest absolute Gasteiger partial charge is 0.422 e. The first-order valence-electron chi connectivity index (χ1n) is 7.55. The summed E-state index contributed by atoms with van der Waals surface area (Å²) in [5.41, 5.74) is 6.55. The SMILES string of the molecule is N[C@H]1CC[C@@](O)(CCc2cccc3ccc(=O)oc23)CC1. The zero-order chi connectivity index (χ0) is 14.9. The fourth-order valence-corrected chi connectivity index (χ4v) is 3.14. The van der Waals surface area contributed by atoms with Crippen molar-refractivity contribution < 1.29 is 9.52 Å². The molecule has 0 saturated heterocycles. The Kier molecular flexibility index (Phi) is 3.83. The molecule has 0 aliphatic heterocycles. The number of aliphatic hydroxyl groups is 1. The van der Waals surface area contributed by atoms with Crippen molar-refractivity contribution in [2.75, 3.05) is 0 Å². The van der Waals surface area contributed by atoms with Crippen LogP contribution in [-0.2, 0) is 6.42 Å². The summed E-state index contributed by atoms with van der Waals surface area (Å²) in [7, 11) is 0. The minimum Gasteiger partial charge on any atom is -0.422 e. The van der Waals surface area contributed by atoms with Gasteiger partial charge in [0.1, 0.15) is 5.58 Å². The molecule has 1 fully saturated rings. The molecule has 0 atom stereocenters. The van der Waals surface area contributed by atoms with Crippen molar-refractivity contribution in [2.24, 2.45) is 5.73 Å². The van der Waals surface area contributed by atoms with Gasteiger partial charge in [0.2, 0.25) is 0 Å². The average molecular weight is 287 g/mol. The smallest absolute Gasteiger partial charge is 0.336 e. The average Bonchev–Trinajstić information content (AvgIpc) is 2.49. The minimum absolute atomic E-state index is 0.223. The first-order valence-corrected chi connectivity index (χ1v) is 7.55. The Morgan fingerprint density at radius 1 is 1.24 bits per heavy atom. The third-order valence-electron chi connectivity index (χ3n) is 4.55. The number of para-hydroxylation sites is 1. The van der Waals surface area contributed by atoms with Gasteiger partial charge in [-0.25, -0.2) is 4.79 Å². The highest BCUT2D eigenvalue weighted by Crippen LogP contribution is 2.32. The molecule has 1 aromatic heterocycles. The molecule has 1 aliphatic carbocycles. The fraction of sp³-hybridized carbons (Fsp3) is 0.471. The van der Waals surface area contributed by atoms with Crippen molar-refractivity contribution in [1.82, 2.24) is 0 Å². The summed E-state index contributed by atoms with van der Waals surface area (Å²) >= 11 is 0. The number of hydrogen-bond acceptors (Lipinski definition) is 4. The normalized spacial score (nSPS) is 26.1. The highest BCUT2D eigenvalue weighted by molar-refractivity contribution is 5.79. The number of fused-ring (bicyclic) bond motifs is 1. The first kappa shape index (κ1) is 14.3. The Balaban J connectivity index is 1.79. The highest BCUT2D eigenvalue weighted by Gasteiger charge is 2.31. The molecule has 0 bridgehead atoms. The molecule has 21 heavy (non-hydrogen) atoms. The predicted molar refractivity (Wildman–Crippen MR) is 82.2 cm³/mol. The van der Waals surface area contributed by atoms with Crippen molar-refractivity contribution in [3.8, 4) is 0 Å². The van der Waals surface area contributed by atoms with Crippen LogP contribution in [0, 0.1) is 0 Å². The number of nitrogens with two attached hydrogens (primary N) is 1. The van der Waals surface area contributed by atoms with E-state index in [2.05, 4.69) is 0 Å². The van der Waals surface area contributed by atoms with Crippen LogP contribution in [0.1, 0.15) is 37.7 Å². The van der Waals surface area contributed by atoms with Crippen molar-refractivity contribution >= 4 is 11.0 Å². The molecule has 0 spiro atoms. The molecule has 4 nitrogen and oxygen atoms in total. The van der Waals surface area contributed by atoms with Crippen LogP contribution in [-0.4, -0.2) is 16.7 Å². The summed E-state index contributed by atoms with van der Waals surface area (Å²) in [4.78, 5) is 11.4. The van der Waals surface area contributed by atoms with Crippen molar-refractivity contribution in [1.29, 1.82) is 0 Å². The van der Waals surface area contributed by atoms with Gasteiger partial charge in [0.05, 0.1) is 5.60 Å². The van der Waals surface area contributed by atoms with Crippen LogP contribution in [0.25, 0.3) is 11.0 Å². The topological polar surface area (TPSA) is 76.5 Å². The lowest BCUT2D eigenvalue weighted by molar-refractivity contribution is -0.00747. The van der Waals surface area contributed by atoms with Gasteiger partial charge in [-0.1, -0.05) is 18.2 Å². The summed E-state index contributed by atoms with van der Waals surface area (Å²) in [6.45, 7) is 0. The zero-order valence-corrected chi connectivity index (χ0v) is 12.0. The Bertz CT molecular complexity index is 684. The molecule has 3 rings (SSSR count). The Morgan fingerprint density at radius 2 is 2.00 bits per heavy atom. The van der Waals surface area contributed by atoms with E-state index in [0.717, 1.165) is 36.6 Å². The third kappa shape index (κ3) is 3.17. The van der Waals surface area contributed by atoms with Crippen molar-refractivity contribution in [3.63, 3.8) is 0 Å². The lowest BCUT2D eigenvalue weighted by Gasteiger charge is -2.34. The molecular weight excluding hydrogens is 266 g/mol. The van der Waals surface area contributed by atoms with E-state index < -0.39 is 5.60 Å². The number of benzene rings is 1. The summed E-state index contributed by atoms with van der Waals surface area (Å²) in [5, 5.41) is 11.6. The standard InChI is InChI=1S/C17H21NO3/c18-14-7-10-17(20,11-8-14)9-6-13-3-1-2-12-4-5-15(19)21-16(12)13/h1-5,14,20H,6-11,18H2/t14-,17-. The Hall–Kier alpha value is -1.65. The van der Waals surface area contributed by atoms with Crippen LogP contribution < -0.4 is 11.4 Å². The van der Waals surface area contributed by atoms with Crippen LogP contribution in [0.3, 0.4) is 0 Å². The van der Waals surface area contributed by atoms with E-state index >= 15 is 0 Å². The molecule has 0 amide bonds. The molecule has 1 aromatic carbocycles. The van der Waals surface area contributed by atoms with E-state index in [1.54, 1.807) is 6.07 Å². The maximum atomic E-state index is 11.4. The monoisotopic (exact) mass is 287 g/mol. The van der Waals surface area contributed by atoms with Crippen molar-refractivity contribution in [2.45, 2.75) is 50.2 Å². The molecule has 1 aliphatic rings. The van der Waals surface area contributed by atoms with Gasteiger partial charge in [0.15, 0.2) is 0 Å². The quantitative estimate of drug-likeness (QED) is 0.850. The molecule has 3 N–H and O–H groups in total. The molecule has 2 aromatic rings. The van der Waals surface area contributed by atoms with E-state index in [1.807, 2.05) is 18.2 Å². The van der Waals surface area contributed by atoms with E-state index in [0.29, 0.717) is 18.4 Å². The summed E-state index contributed by atoms with van der Waals surface area (Å²) < 4.78 is 5.33. The molecule has 0 unspecified atom stereocenters. The number of rotatable bonds is 3. The molecule has 4 heteroatoms. The third-order valence-corrected chi connectivity index (χ3v) is 4.55. The van der Waals surface area contributed by atoms with Gasteiger partial charge in [-0.15, -0.1) is 0 Å². The van der Waals surface area contributed by atoms with E-state index in [1.165, 1.54) is 6.07 Å². The second-order valence-corrected chi connectivity index (χ2v) is 6.15. The molecule has 112 valence electrons. The second kappa shape index (κ2) is 5.62. The van der Waals surface area contributed by atoms with Crippen molar-refractivity contribution in [3.05, 3.63) is 46.3 Å². The van der Waals surface area contributed by atoms with Gasteiger partial charge >= 0.3 is 5.63 Å². The second-order valence-electron chi connectivity index (χ2n) is 6.15. The molecule has 1 saturated carbocycles. The molecule has 1 heterocycles. The van der Waals surface area contributed by atoms with Crippen LogP contribution in [0.4, 0.5) is 0 Å². The van der Waals surface area contributed by atoms with Crippen LogP contribution in [0.2, 0.25) is 0 Å². The summed E-state index contributed by atoms with van der Waals surface area (Å²) in [6, 6.07) is 9.28. The Labute approximate surface area is 123 Å². The molecular formula is C17H21NO3. The van der Waals surface area contributed by atoms with Gasteiger partial charge in [-0.05, 0) is 50.2 Å². The van der Waals surface area contributed by atoms with E-state index in [4.69, 9.17) is 10.2 Å². The van der Waals surface area contributed by atoms with Gasteiger partial charge in [-0.2, -0.15) is 0 Å².